The molecule has 1 aromatic heterocycles. The molecular formula is C22H35N7O. The predicted molar refractivity (Wildman–Crippen MR) is 119 cm³/mol. The molecule has 0 radical (unpaired) electrons. The normalized spacial score (nSPS) is 21.9. The Morgan fingerprint density at radius 1 is 1.03 bits per heavy atom. The Labute approximate surface area is 179 Å². The van der Waals surface area contributed by atoms with E-state index in [4.69, 9.17) is 0 Å². The molecule has 1 N–H and O–H groups in total. The number of hydrogen-bond donors (Lipinski definition) is 1. The van der Waals surface area contributed by atoms with Gasteiger partial charge in [0.1, 0.15) is 0 Å². The number of nitrogens with one attached hydrogen (secondary N) is 1. The van der Waals surface area contributed by atoms with Gasteiger partial charge in [-0.05, 0) is 30.7 Å². The summed E-state index contributed by atoms with van der Waals surface area (Å²) in [5.74, 6) is 1.91. The molecule has 0 unspecified atom stereocenters. The van der Waals surface area contributed by atoms with Crippen molar-refractivity contribution in [3.05, 3.63) is 18.5 Å². The lowest BCUT2D eigenvalue weighted by Crippen LogP contribution is -2.50. The number of aromatic nitrogens is 2. The molecule has 1 spiro atoms. The molecule has 0 atom stereocenters. The SMILES string of the molecule is CN=C(NCCC(=O)N1CCN(c2ncccn2)CC1)N1CCC2(CCCCC2)C1. The Morgan fingerprint density at radius 3 is 2.47 bits per heavy atom. The van der Waals surface area contributed by atoms with Crippen molar-refractivity contribution in [3.8, 4) is 0 Å². The predicted octanol–water partition coefficient (Wildman–Crippen LogP) is 1.75. The first-order valence-corrected chi connectivity index (χ1v) is 11.4. The van der Waals surface area contributed by atoms with Crippen LogP contribution in [0.2, 0.25) is 0 Å². The molecule has 3 heterocycles. The second-order valence-corrected chi connectivity index (χ2v) is 8.87. The van der Waals surface area contributed by atoms with Crippen molar-refractivity contribution >= 4 is 17.8 Å². The summed E-state index contributed by atoms with van der Waals surface area (Å²) in [6.45, 7) is 5.83. The molecule has 3 aliphatic rings. The van der Waals surface area contributed by atoms with Crippen LogP contribution < -0.4 is 10.2 Å². The van der Waals surface area contributed by atoms with Gasteiger partial charge in [0.05, 0.1) is 0 Å². The van der Waals surface area contributed by atoms with Crippen molar-refractivity contribution in [3.63, 3.8) is 0 Å². The van der Waals surface area contributed by atoms with E-state index in [1.165, 1.54) is 38.5 Å². The van der Waals surface area contributed by atoms with Crippen LogP contribution in [-0.2, 0) is 4.79 Å². The monoisotopic (exact) mass is 413 g/mol. The van der Waals surface area contributed by atoms with Gasteiger partial charge in [0.2, 0.25) is 11.9 Å². The van der Waals surface area contributed by atoms with Crippen molar-refractivity contribution in [2.75, 3.05) is 57.8 Å². The molecule has 164 valence electrons. The largest absolute Gasteiger partial charge is 0.356 e. The highest BCUT2D eigenvalue weighted by atomic mass is 16.2. The topological polar surface area (TPSA) is 77.0 Å². The molecule has 1 aliphatic carbocycles. The number of piperazine rings is 1. The van der Waals surface area contributed by atoms with Crippen LogP contribution in [0, 0.1) is 5.41 Å². The van der Waals surface area contributed by atoms with Crippen LogP contribution in [0.25, 0.3) is 0 Å². The zero-order valence-corrected chi connectivity index (χ0v) is 18.2. The third-order valence-corrected chi connectivity index (χ3v) is 6.95. The standard InChI is InChI=1S/C22H35N7O/c1-23-20(29-13-9-22(18-29)7-3-2-4-8-22)26-12-6-19(30)27-14-16-28(17-15-27)21-24-10-5-11-25-21/h5,10-11H,2-4,6-9,12-18H2,1H3,(H,23,26). The number of carbonyl (C=O) groups excluding carboxylic acids is 1. The van der Waals surface area contributed by atoms with E-state index < -0.39 is 0 Å². The molecule has 4 rings (SSSR count). The Bertz CT molecular complexity index is 724. The van der Waals surface area contributed by atoms with Crippen LogP contribution in [0.1, 0.15) is 44.9 Å². The molecule has 1 aromatic rings. The van der Waals surface area contributed by atoms with Crippen molar-refractivity contribution in [1.29, 1.82) is 0 Å². The second kappa shape index (κ2) is 9.62. The Morgan fingerprint density at radius 2 is 1.77 bits per heavy atom. The maximum absolute atomic E-state index is 12.7. The quantitative estimate of drug-likeness (QED) is 0.599. The number of amides is 1. The van der Waals surface area contributed by atoms with Crippen LogP contribution in [0.3, 0.4) is 0 Å². The lowest BCUT2D eigenvalue weighted by atomic mass is 9.73. The molecule has 0 bridgehead atoms. The Kier molecular flexibility index (Phi) is 6.69. The lowest BCUT2D eigenvalue weighted by molar-refractivity contribution is -0.131. The molecule has 0 aromatic carbocycles. The van der Waals surface area contributed by atoms with E-state index in [1.54, 1.807) is 12.4 Å². The molecule has 3 fully saturated rings. The minimum Gasteiger partial charge on any atom is -0.356 e. The fraction of sp³-hybridized carbons (Fsp3) is 0.727. The van der Waals surface area contributed by atoms with E-state index in [-0.39, 0.29) is 5.91 Å². The average molecular weight is 414 g/mol. The van der Waals surface area contributed by atoms with Crippen LogP contribution in [0.4, 0.5) is 5.95 Å². The fourth-order valence-electron chi connectivity index (χ4n) is 5.21. The number of rotatable bonds is 4. The number of anilines is 1. The second-order valence-electron chi connectivity index (χ2n) is 8.87. The smallest absolute Gasteiger partial charge is 0.225 e. The Balaban J connectivity index is 1.19. The number of nitrogens with zero attached hydrogens (tertiary/aromatic N) is 6. The number of hydrogen-bond acceptors (Lipinski definition) is 5. The first-order valence-electron chi connectivity index (χ1n) is 11.4. The first kappa shape index (κ1) is 20.9. The van der Waals surface area contributed by atoms with E-state index in [0.29, 0.717) is 18.4 Å². The van der Waals surface area contributed by atoms with Gasteiger partial charge in [-0.15, -0.1) is 0 Å². The van der Waals surface area contributed by atoms with E-state index >= 15 is 0 Å². The van der Waals surface area contributed by atoms with Gasteiger partial charge in [0.25, 0.3) is 0 Å². The minimum atomic E-state index is 0.205. The van der Waals surface area contributed by atoms with E-state index in [1.807, 2.05) is 18.0 Å². The summed E-state index contributed by atoms with van der Waals surface area (Å²) in [7, 11) is 1.85. The van der Waals surface area contributed by atoms with Crippen LogP contribution in [0.5, 0.6) is 0 Å². The zero-order valence-electron chi connectivity index (χ0n) is 18.2. The number of guanidine groups is 1. The highest BCUT2D eigenvalue weighted by Gasteiger charge is 2.39. The molecule has 8 nitrogen and oxygen atoms in total. The van der Waals surface area contributed by atoms with Gasteiger partial charge in [-0.25, -0.2) is 9.97 Å². The summed E-state index contributed by atoms with van der Waals surface area (Å²) >= 11 is 0. The van der Waals surface area contributed by atoms with E-state index in [0.717, 1.165) is 51.2 Å². The van der Waals surface area contributed by atoms with Gasteiger partial charge in [0, 0.05) is 71.7 Å². The molecule has 2 aliphatic heterocycles. The van der Waals surface area contributed by atoms with Crippen molar-refractivity contribution in [2.24, 2.45) is 10.4 Å². The van der Waals surface area contributed by atoms with Gasteiger partial charge in [-0.2, -0.15) is 0 Å². The lowest BCUT2D eigenvalue weighted by Gasteiger charge is -2.35. The minimum absolute atomic E-state index is 0.205. The molecule has 2 saturated heterocycles. The first-order chi connectivity index (χ1) is 14.7. The number of likely N-dealkylation sites (tertiary alicyclic amines) is 1. The summed E-state index contributed by atoms with van der Waals surface area (Å²) in [5.41, 5.74) is 0.508. The number of aliphatic imine (C=N–C) groups is 1. The average Bonchev–Trinajstić information content (AvgIpc) is 3.20. The highest BCUT2D eigenvalue weighted by molar-refractivity contribution is 5.81. The van der Waals surface area contributed by atoms with Crippen molar-refractivity contribution in [2.45, 2.75) is 44.9 Å². The van der Waals surface area contributed by atoms with E-state index in [2.05, 4.69) is 30.1 Å². The fourth-order valence-corrected chi connectivity index (χ4v) is 5.21. The molecule has 1 amide bonds. The molecular weight excluding hydrogens is 378 g/mol. The summed E-state index contributed by atoms with van der Waals surface area (Å²) in [4.78, 5) is 32.2. The van der Waals surface area contributed by atoms with E-state index in [9.17, 15) is 4.79 Å². The van der Waals surface area contributed by atoms with Crippen LogP contribution in [0.15, 0.2) is 23.5 Å². The maximum atomic E-state index is 12.7. The van der Waals surface area contributed by atoms with Gasteiger partial charge in [-0.3, -0.25) is 9.79 Å². The van der Waals surface area contributed by atoms with Crippen molar-refractivity contribution < 1.29 is 4.79 Å². The zero-order chi connectivity index (χ0) is 20.8. The maximum Gasteiger partial charge on any atom is 0.225 e. The van der Waals surface area contributed by atoms with Gasteiger partial charge in [0.15, 0.2) is 5.96 Å². The summed E-state index contributed by atoms with van der Waals surface area (Å²) in [6.07, 6.45) is 12.2. The van der Waals surface area contributed by atoms with Crippen LogP contribution in [-0.4, -0.2) is 84.5 Å². The van der Waals surface area contributed by atoms with Gasteiger partial charge < -0.3 is 20.0 Å². The third-order valence-electron chi connectivity index (χ3n) is 6.95. The molecule has 1 saturated carbocycles. The summed E-state index contributed by atoms with van der Waals surface area (Å²) in [5, 5.41) is 3.44. The van der Waals surface area contributed by atoms with Gasteiger partial charge >= 0.3 is 0 Å². The molecule has 8 heteroatoms. The molecule has 30 heavy (non-hydrogen) atoms. The van der Waals surface area contributed by atoms with Gasteiger partial charge in [-0.1, -0.05) is 19.3 Å². The third kappa shape index (κ3) is 4.84. The summed E-state index contributed by atoms with van der Waals surface area (Å²) in [6, 6.07) is 1.82. The highest BCUT2D eigenvalue weighted by Crippen LogP contribution is 2.43. The van der Waals surface area contributed by atoms with Crippen molar-refractivity contribution in [1.82, 2.24) is 25.1 Å². The Hall–Kier alpha value is -2.38. The number of carbonyl (C=O) groups is 1. The summed E-state index contributed by atoms with van der Waals surface area (Å²) < 4.78 is 0. The van der Waals surface area contributed by atoms with Crippen LogP contribution >= 0.6 is 0 Å².